The summed E-state index contributed by atoms with van der Waals surface area (Å²) in [5, 5.41) is 0. The fourth-order valence-corrected chi connectivity index (χ4v) is 1.79. The van der Waals surface area contributed by atoms with Crippen molar-refractivity contribution in [3.05, 3.63) is 29.6 Å². The maximum Gasteiger partial charge on any atom is 0.416 e. The van der Waals surface area contributed by atoms with Gasteiger partial charge in [-0.1, -0.05) is 0 Å². The van der Waals surface area contributed by atoms with E-state index in [0.29, 0.717) is 12.8 Å². The molecule has 1 aromatic rings. The van der Waals surface area contributed by atoms with E-state index in [0.717, 1.165) is 12.3 Å². The molecule has 0 aliphatic rings. The summed E-state index contributed by atoms with van der Waals surface area (Å²) in [6.07, 6.45) is -1.11. The minimum Gasteiger partial charge on any atom is -0.382 e. The van der Waals surface area contributed by atoms with Crippen LogP contribution in [0.1, 0.15) is 36.9 Å². The molecule has 2 atom stereocenters. The van der Waals surface area contributed by atoms with E-state index < -0.39 is 17.8 Å². The number of hydrazine groups is 1. The molecule has 19 heavy (non-hydrogen) atoms. The van der Waals surface area contributed by atoms with Gasteiger partial charge in [0.15, 0.2) is 0 Å². The molecule has 0 amide bonds. The second kappa shape index (κ2) is 6.83. The fraction of sp³-hybridized carbons (Fsp3) is 0.583. The molecular weight excluding hydrogens is 259 g/mol. The van der Waals surface area contributed by atoms with E-state index in [1.807, 2.05) is 6.92 Å². The molecule has 1 heterocycles. The Bertz CT molecular complexity index is 398. The zero-order valence-corrected chi connectivity index (χ0v) is 10.9. The van der Waals surface area contributed by atoms with Crippen LogP contribution in [0.15, 0.2) is 18.5 Å². The van der Waals surface area contributed by atoms with Crippen molar-refractivity contribution in [1.82, 2.24) is 10.4 Å². The molecule has 4 nitrogen and oxygen atoms in total. The average molecular weight is 277 g/mol. The zero-order valence-electron chi connectivity index (χ0n) is 10.9. The van der Waals surface area contributed by atoms with Crippen molar-refractivity contribution in [1.29, 1.82) is 0 Å². The van der Waals surface area contributed by atoms with Crippen LogP contribution in [0.25, 0.3) is 0 Å². The number of hydrogen-bond donors (Lipinski definition) is 2. The standard InChI is InChI=1S/C12H18F3N3O/c1-8(19-2)3-4-11(18-16)9-7-17-6-5-10(9)12(13,14)15/h5-8,11,18H,3-4,16H2,1-2H3. The number of nitrogens with two attached hydrogens (primary N) is 1. The van der Waals surface area contributed by atoms with Gasteiger partial charge >= 0.3 is 6.18 Å². The predicted octanol–water partition coefficient (Wildman–Crippen LogP) is 2.42. The van der Waals surface area contributed by atoms with Crippen molar-refractivity contribution in [2.45, 2.75) is 38.1 Å². The maximum atomic E-state index is 12.9. The van der Waals surface area contributed by atoms with Crippen LogP contribution in [0, 0.1) is 0 Å². The number of methoxy groups -OCH3 is 1. The predicted molar refractivity (Wildman–Crippen MR) is 65.0 cm³/mol. The highest BCUT2D eigenvalue weighted by molar-refractivity contribution is 5.29. The summed E-state index contributed by atoms with van der Waals surface area (Å²) in [5.74, 6) is 5.36. The fourth-order valence-electron chi connectivity index (χ4n) is 1.79. The molecule has 1 rings (SSSR count). The third-order valence-electron chi connectivity index (χ3n) is 3.00. The first-order valence-corrected chi connectivity index (χ1v) is 5.90. The molecule has 1 aromatic heterocycles. The van der Waals surface area contributed by atoms with E-state index in [1.165, 1.54) is 6.20 Å². The molecule has 0 aliphatic carbocycles. The Kier molecular flexibility index (Phi) is 5.71. The summed E-state index contributed by atoms with van der Waals surface area (Å²) < 4.78 is 43.7. The Labute approximate surface area is 110 Å². The summed E-state index contributed by atoms with van der Waals surface area (Å²) in [6, 6.07) is 0.349. The van der Waals surface area contributed by atoms with Gasteiger partial charge in [0, 0.05) is 31.1 Å². The lowest BCUT2D eigenvalue weighted by Gasteiger charge is -2.21. The Morgan fingerprint density at radius 3 is 2.63 bits per heavy atom. The van der Waals surface area contributed by atoms with E-state index in [-0.39, 0.29) is 11.7 Å². The molecule has 0 saturated carbocycles. The molecule has 3 N–H and O–H groups in total. The second-order valence-electron chi connectivity index (χ2n) is 4.30. The van der Waals surface area contributed by atoms with Crippen molar-refractivity contribution in [3.8, 4) is 0 Å². The maximum absolute atomic E-state index is 12.9. The van der Waals surface area contributed by atoms with Gasteiger partial charge in [-0.2, -0.15) is 13.2 Å². The Hall–Kier alpha value is -1.18. The first-order valence-electron chi connectivity index (χ1n) is 5.90. The quantitative estimate of drug-likeness (QED) is 0.619. The number of nitrogens with one attached hydrogen (secondary N) is 1. The Morgan fingerprint density at radius 1 is 1.42 bits per heavy atom. The van der Waals surface area contributed by atoms with Gasteiger partial charge in [0.05, 0.1) is 11.7 Å². The van der Waals surface area contributed by atoms with E-state index in [4.69, 9.17) is 10.6 Å². The molecule has 2 unspecified atom stereocenters. The Morgan fingerprint density at radius 2 is 2.11 bits per heavy atom. The van der Waals surface area contributed by atoms with Gasteiger partial charge in [-0.15, -0.1) is 0 Å². The third-order valence-corrected chi connectivity index (χ3v) is 3.00. The lowest BCUT2D eigenvalue weighted by molar-refractivity contribution is -0.138. The van der Waals surface area contributed by atoms with Gasteiger partial charge in [0.1, 0.15) is 0 Å². The molecule has 0 fully saturated rings. The highest BCUT2D eigenvalue weighted by atomic mass is 19.4. The topological polar surface area (TPSA) is 60.2 Å². The number of alkyl halides is 3. The minimum atomic E-state index is -4.42. The first-order chi connectivity index (χ1) is 8.90. The monoisotopic (exact) mass is 277 g/mol. The molecule has 0 aliphatic heterocycles. The van der Waals surface area contributed by atoms with Gasteiger partial charge in [0.2, 0.25) is 0 Å². The smallest absolute Gasteiger partial charge is 0.382 e. The summed E-state index contributed by atoms with van der Waals surface area (Å²) in [7, 11) is 1.56. The van der Waals surface area contributed by atoms with E-state index in [9.17, 15) is 13.2 Å². The van der Waals surface area contributed by atoms with E-state index >= 15 is 0 Å². The van der Waals surface area contributed by atoms with Gasteiger partial charge in [-0.05, 0) is 25.8 Å². The number of rotatable bonds is 6. The van der Waals surface area contributed by atoms with Crippen LogP contribution >= 0.6 is 0 Å². The van der Waals surface area contributed by atoms with Crippen molar-refractivity contribution < 1.29 is 17.9 Å². The van der Waals surface area contributed by atoms with Crippen LogP contribution in [0.5, 0.6) is 0 Å². The number of aromatic nitrogens is 1. The molecule has 108 valence electrons. The number of hydrogen-bond acceptors (Lipinski definition) is 4. The zero-order chi connectivity index (χ0) is 14.5. The van der Waals surface area contributed by atoms with E-state index in [2.05, 4.69) is 10.4 Å². The minimum absolute atomic E-state index is 0.0399. The highest BCUT2D eigenvalue weighted by Crippen LogP contribution is 2.35. The number of halogens is 3. The third kappa shape index (κ3) is 4.45. The number of ether oxygens (including phenoxy) is 1. The van der Waals surface area contributed by atoms with Crippen molar-refractivity contribution >= 4 is 0 Å². The van der Waals surface area contributed by atoms with Crippen LogP contribution < -0.4 is 11.3 Å². The molecule has 7 heteroatoms. The van der Waals surface area contributed by atoms with Crippen LogP contribution in [0.3, 0.4) is 0 Å². The lowest BCUT2D eigenvalue weighted by Crippen LogP contribution is -2.30. The lowest BCUT2D eigenvalue weighted by atomic mass is 9.98. The van der Waals surface area contributed by atoms with Gasteiger partial charge in [-0.25, -0.2) is 0 Å². The molecule has 0 aromatic carbocycles. The van der Waals surface area contributed by atoms with Crippen LogP contribution in [0.2, 0.25) is 0 Å². The summed E-state index contributed by atoms with van der Waals surface area (Å²) in [4.78, 5) is 3.75. The second-order valence-corrected chi connectivity index (χ2v) is 4.30. The summed E-state index contributed by atoms with van der Waals surface area (Å²) in [6.45, 7) is 1.85. The Balaban J connectivity index is 2.92. The number of pyridine rings is 1. The SMILES string of the molecule is COC(C)CCC(NN)c1cnccc1C(F)(F)F. The molecule has 0 spiro atoms. The molecular formula is C12H18F3N3O. The van der Waals surface area contributed by atoms with Gasteiger partial charge in [-0.3, -0.25) is 16.3 Å². The number of nitrogens with zero attached hydrogens (tertiary/aromatic N) is 1. The van der Waals surface area contributed by atoms with Crippen LogP contribution in [0.4, 0.5) is 13.2 Å². The average Bonchev–Trinajstić information content (AvgIpc) is 2.38. The van der Waals surface area contributed by atoms with Crippen LogP contribution in [-0.2, 0) is 10.9 Å². The first kappa shape index (κ1) is 15.9. The largest absolute Gasteiger partial charge is 0.416 e. The van der Waals surface area contributed by atoms with Crippen molar-refractivity contribution in [2.24, 2.45) is 5.84 Å². The van der Waals surface area contributed by atoms with Crippen LogP contribution in [-0.4, -0.2) is 18.2 Å². The summed E-state index contributed by atoms with van der Waals surface area (Å²) in [5.41, 5.74) is 1.76. The molecule has 0 radical (unpaired) electrons. The van der Waals surface area contributed by atoms with Crippen molar-refractivity contribution in [2.75, 3.05) is 7.11 Å². The van der Waals surface area contributed by atoms with Gasteiger partial charge < -0.3 is 4.74 Å². The highest BCUT2D eigenvalue weighted by Gasteiger charge is 2.35. The summed E-state index contributed by atoms with van der Waals surface area (Å²) >= 11 is 0. The molecule has 0 bridgehead atoms. The van der Waals surface area contributed by atoms with Crippen molar-refractivity contribution in [3.63, 3.8) is 0 Å². The normalized spacial score (nSPS) is 15.3. The van der Waals surface area contributed by atoms with Gasteiger partial charge in [0.25, 0.3) is 0 Å². The molecule has 0 saturated heterocycles. The van der Waals surface area contributed by atoms with E-state index in [1.54, 1.807) is 7.11 Å².